The van der Waals surface area contributed by atoms with Crippen LogP contribution >= 0.6 is 11.3 Å². The monoisotopic (exact) mass is 507 g/mol. The molecule has 0 radical (unpaired) electrons. The fraction of sp³-hybridized carbons (Fsp3) is 0.231. The number of carbonyl (C=O) groups is 1. The van der Waals surface area contributed by atoms with E-state index in [4.69, 9.17) is 4.99 Å². The highest BCUT2D eigenvalue weighted by atomic mass is 32.1. The first-order chi connectivity index (χ1) is 17.2. The summed E-state index contributed by atoms with van der Waals surface area (Å²) < 4.78 is 29.1. The Morgan fingerprint density at radius 2 is 1.86 bits per heavy atom. The number of anilines is 1. The first kappa shape index (κ1) is 23.8. The lowest BCUT2D eigenvalue weighted by molar-refractivity contribution is -0.137. The number of hydrogen-bond donors (Lipinski definition) is 2. The molecule has 7 nitrogen and oxygen atoms in total. The van der Waals surface area contributed by atoms with Gasteiger partial charge in [0.25, 0.3) is 0 Å². The topological polar surface area (TPSA) is 92.4 Å². The molecular weight excluding hydrogens is 484 g/mol. The summed E-state index contributed by atoms with van der Waals surface area (Å²) in [5.74, 6) is -1.01. The van der Waals surface area contributed by atoms with Crippen LogP contribution in [0.1, 0.15) is 51.2 Å². The Hall–Kier alpha value is -3.92. The fourth-order valence-electron chi connectivity index (χ4n) is 4.30. The number of aliphatic imine (C=N–C) groups is 1. The second-order valence-electron chi connectivity index (χ2n) is 8.66. The highest BCUT2D eigenvalue weighted by Gasteiger charge is 2.32. The smallest absolute Gasteiger partial charge is 0.306 e. The summed E-state index contributed by atoms with van der Waals surface area (Å²) in [5.41, 5.74) is 4.63. The molecule has 0 aliphatic carbocycles. The molecule has 0 saturated heterocycles. The van der Waals surface area contributed by atoms with Gasteiger partial charge in [0, 0.05) is 39.9 Å². The van der Waals surface area contributed by atoms with Crippen molar-refractivity contribution in [2.75, 3.05) is 5.32 Å². The number of aliphatic carboxylic acids is 1. The van der Waals surface area contributed by atoms with Gasteiger partial charge in [0.1, 0.15) is 28.5 Å². The van der Waals surface area contributed by atoms with Gasteiger partial charge < -0.3 is 10.4 Å². The number of fused-ring (bicyclic) bond motifs is 3. The Balaban J connectivity index is 1.52. The summed E-state index contributed by atoms with van der Waals surface area (Å²) in [6, 6.07) is 10.3. The molecule has 0 unspecified atom stereocenters. The molecule has 5 rings (SSSR count). The first-order valence-corrected chi connectivity index (χ1v) is 12.1. The molecule has 1 aliphatic heterocycles. The van der Waals surface area contributed by atoms with Gasteiger partial charge in [0.15, 0.2) is 5.82 Å². The van der Waals surface area contributed by atoms with Crippen molar-refractivity contribution in [2.24, 2.45) is 4.99 Å². The van der Waals surface area contributed by atoms with Crippen LogP contribution in [0.3, 0.4) is 0 Å². The maximum atomic E-state index is 14.0. The van der Waals surface area contributed by atoms with Crippen molar-refractivity contribution in [2.45, 2.75) is 39.8 Å². The van der Waals surface area contributed by atoms with Crippen molar-refractivity contribution >= 4 is 28.7 Å². The molecule has 0 saturated carbocycles. The van der Waals surface area contributed by atoms with E-state index in [1.54, 1.807) is 11.3 Å². The SMILES string of the molecule is Cc1sc2c(c1C)C(c1ccc(NCc3ccc(F)cc3F)cc1)=N[C@@H](CC(=O)O)c1nnc(C)n1-2. The number of carboxylic acids is 1. The van der Waals surface area contributed by atoms with E-state index in [0.29, 0.717) is 22.9 Å². The van der Waals surface area contributed by atoms with Gasteiger partial charge in [-0.1, -0.05) is 18.2 Å². The van der Waals surface area contributed by atoms with Crippen molar-refractivity contribution in [1.82, 2.24) is 14.8 Å². The molecule has 4 aromatic rings. The summed E-state index contributed by atoms with van der Waals surface area (Å²) in [7, 11) is 0. The fourth-order valence-corrected chi connectivity index (χ4v) is 5.51. The van der Waals surface area contributed by atoms with Crippen molar-refractivity contribution in [3.63, 3.8) is 0 Å². The van der Waals surface area contributed by atoms with Gasteiger partial charge in [-0.3, -0.25) is 14.4 Å². The molecule has 2 aromatic carbocycles. The lowest BCUT2D eigenvalue weighted by Crippen LogP contribution is -2.10. The zero-order valence-electron chi connectivity index (χ0n) is 19.8. The van der Waals surface area contributed by atoms with Crippen molar-refractivity contribution in [3.05, 3.63) is 92.9 Å². The van der Waals surface area contributed by atoms with E-state index < -0.39 is 23.6 Å². The molecular formula is C26H23F2N5O2S. The van der Waals surface area contributed by atoms with E-state index in [1.807, 2.05) is 49.6 Å². The van der Waals surface area contributed by atoms with Gasteiger partial charge in [0.2, 0.25) is 0 Å². The second kappa shape index (κ2) is 9.27. The van der Waals surface area contributed by atoms with E-state index in [9.17, 15) is 18.7 Å². The Labute approximate surface area is 210 Å². The summed E-state index contributed by atoms with van der Waals surface area (Å²) in [6.07, 6.45) is -0.211. The summed E-state index contributed by atoms with van der Waals surface area (Å²) >= 11 is 1.60. The molecule has 2 N–H and O–H groups in total. The number of carboxylic acid groups (broad SMARTS) is 1. The Morgan fingerprint density at radius 1 is 1.11 bits per heavy atom. The Kier molecular flexibility index (Phi) is 6.13. The third-order valence-corrected chi connectivity index (χ3v) is 7.46. The van der Waals surface area contributed by atoms with Crippen LogP contribution in [0.4, 0.5) is 14.5 Å². The minimum Gasteiger partial charge on any atom is -0.481 e. The molecule has 0 fully saturated rings. The molecule has 1 aliphatic rings. The van der Waals surface area contributed by atoms with Crippen LogP contribution in [0.25, 0.3) is 5.00 Å². The summed E-state index contributed by atoms with van der Waals surface area (Å²) in [6.45, 7) is 6.12. The number of aryl methyl sites for hydroxylation is 2. The highest BCUT2D eigenvalue weighted by molar-refractivity contribution is 7.15. The lowest BCUT2D eigenvalue weighted by atomic mass is 9.99. The molecule has 3 heterocycles. The third kappa shape index (κ3) is 4.28. The molecule has 10 heteroatoms. The number of benzene rings is 2. The molecule has 36 heavy (non-hydrogen) atoms. The minimum absolute atomic E-state index is 0.202. The normalized spacial score (nSPS) is 14.6. The predicted molar refractivity (Wildman–Crippen MR) is 134 cm³/mol. The summed E-state index contributed by atoms with van der Waals surface area (Å²) in [4.78, 5) is 17.7. The van der Waals surface area contributed by atoms with Gasteiger partial charge in [-0.25, -0.2) is 8.78 Å². The van der Waals surface area contributed by atoms with Crippen LogP contribution in [0.5, 0.6) is 0 Å². The van der Waals surface area contributed by atoms with Gasteiger partial charge in [0.05, 0.1) is 12.1 Å². The number of thiophene rings is 1. The minimum atomic E-state index is -0.971. The number of nitrogens with zero attached hydrogens (tertiary/aromatic N) is 4. The average molecular weight is 508 g/mol. The second-order valence-corrected chi connectivity index (χ2v) is 9.87. The number of halogens is 2. The lowest BCUT2D eigenvalue weighted by Gasteiger charge is -2.12. The van der Waals surface area contributed by atoms with Crippen LogP contribution in [0, 0.1) is 32.4 Å². The largest absolute Gasteiger partial charge is 0.481 e. The molecule has 1 atom stereocenters. The zero-order chi connectivity index (χ0) is 25.6. The highest BCUT2D eigenvalue weighted by Crippen LogP contribution is 2.39. The quantitative estimate of drug-likeness (QED) is 0.359. The maximum absolute atomic E-state index is 14.0. The van der Waals surface area contributed by atoms with Crippen molar-refractivity contribution < 1.29 is 18.7 Å². The van der Waals surface area contributed by atoms with Gasteiger partial charge in [-0.2, -0.15) is 0 Å². The van der Waals surface area contributed by atoms with E-state index in [2.05, 4.69) is 15.5 Å². The number of hydrogen-bond acceptors (Lipinski definition) is 6. The molecule has 184 valence electrons. The molecule has 2 aromatic heterocycles. The predicted octanol–water partition coefficient (Wildman–Crippen LogP) is 5.51. The molecule has 0 bridgehead atoms. The standard InChI is InChI=1S/C26H23F2N5O2S/c1-13-14(2)36-26-23(13)24(30-21(11-22(34)35)25-32-31-15(3)33(25)26)16-5-8-19(9-6-16)29-12-17-4-7-18(27)10-20(17)28/h4-10,21,29H,11-12H2,1-3H3,(H,34,35)/t21-/m0/s1. The van der Waals surface area contributed by atoms with Gasteiger partial charge in [-0.15, -0.1) is 21.5 Å². The van der Waals surface area contributed by atoms with E-state index >= 15 is 0 Å². The average Bonchev–Trinajstić information content (AvgIpc) is 3.31. The zero-order valence-corrected chi connectivity index (χ0v) is 20.7. The number of aromatic nitrogens is 3. The van der Waals surface area contributed by atoms with Crippen LogP contribution in [0.2, 0.25) is 0 Å². The third-order valence-electron chi connectivity index (χ3n) is 6.26. The van der Waals surface area contributed by atoms with Crippen LogP contribution in [0.15, 0.2) is 47.5 Å². The maximum Gasteiger partial charge on any atom is 0.306 e. The molecule has 0 amide bonds. The van der Waals surface area contributed by atoms with Crippen LogP contribution in [-0.4, -0.2) is 31.6 Å². The van der Waals surface area contributed by atoms with Crippen LogP contribution in [-0.2, 0) is 11.3 Å². The Bertz CT molecular complexity index is 1510. The van der Waals surface area contributed by atoms with E-state index in [1.165, 1.54) is 12.1 Å². The Morgan fingerprint density at radius 3 is 2.56 bits per heavy atom. The van der Waals surface area contributed by atoms with Gasteiger partial charge in [-0.05, 0) is 44.5 Å². The number of rotatable bonds is 6. The summed E-state index contributed by atoms with van der Waals surface area (Å²) in [5, 5.41) is 22.1. The van der Waals surface area contributed by atoms with Crippen molar-refractivity contribution in [3.8, 4) is 5.00 Å². The molecule has 0 spiro atoms. The van der Waals surface area contributed by atoms with E-state index in [0.717, 1.165) is 38.3 Å². The van der Waals surface area contributed by atoms with Gasteiger partial charge >= 0.3 is 5.97 Å². The van der Waals surface area contributed by atoms with Crippen LogP contribution < -0.4 is 5.32 Å². The first-order valence-electron chi connectivity index (χ1n) is 11.3. The van der Waals surface area contributed by atoms with Crippen molar-refractivity contribution in [1.29, 1.82) is 0 Å². The number of nitrogens with one attached hydrogen (secondary N) is 1. The van der Waals surface area contributed by atoms with E-state index in [-0.39, 0.29) is 13.0 Å².